The maximum Gasteiger partial charge on any atom is 0.242 e. The number of hydrogen-bond acceptors (Lipinski definition) is 5. The van der Waals surface area contributed by atoms with E-state index in [1.165, 1.54) is 0 Å². The van der Waals surface area contributed by atoms with E-state index in [0.29, 0.717) is 5.82 Å². The first-order valence-corrected chi connectivity index (χ1v) is 9.66. The van der Waals surface area contributed by atoms with Gasteiger partial charge >= 0.3 is 0 Å². The fourth-order valence-corrected chi connectivity index (χ4v) is 3.36. The third-order valence-electron chi connectivity index (χ3n) is 3.55. The molecule has 3 rings (SSSR count). The minimum Gasteiger partial charge on any atom is -0.338 e. The van der Waals surface area contributed by atoms with Crippen LogP contribution in [0.3, 0.4) is 0 Å². The van der Waals surface area contributed by atoms with Gasteiger partial charge < -0.3 is 4.52 Å². The fraction of sp³-hybridized carbons (Fsp3) is 0.158. The van der Waals surface area contributed by atoms with Crippen molar-refractivity contribution in [1.29, 1.82) is 0 Å². The molecule has 0 radical (unpaired) electrons. The first kappa shape index (κ1) is 17.1. The lowest BCUT2D eigenvalue weighted by molar-refractivity contribution is 0.389. The maximum absolute atomic E-state index is 12.2. The van der Waals surface area contributed by atoms with Gasteiger partial charge in [-0.25, -0.2) is 8.42 Å². The van der Waals surface area contributed by atoms with Gasteiger partial charge in [-0.3, -0.25) is 0 Å². The molecule has 25 heavy (non-hydrogen) atoms. The van der Waals surface area contributed by atoms with Crippen LogP contribution in [0.4, 0.5) is 0 Å². The summed E-state index contributed by atoms with van der Waals surface area (Å²) in [6.45, 7) is 1.97. The van der Waals surface area contributed by atoms with Crippen LogP contribution in [0.15, 0.2) is 65.2 Å². The molecule has 0 unspecified atom stereocenters. The Kier molecular flexibility index (Phi) is 5.09. The molecule has 0 N–H and O–H groups in total. The molecule has 0 atom stereocenters. The van der Waals surface area contributed by atoms with E-state index in [0.717, 1.165) is 16.7 Å². The second kappa shape index (κ2) is 7.44. The predicted molar refractivity (Wildman–Crippen MR) is 97.4 cm³/mol. The Hall–Kier alpha value is -2.73. The number of aromatic nitrogens is 2. The number of nitrogens with zero attached hydrogens (tertiary/aromatic N) is 2. The molecule has 2 aromatic carbocycles. The second-order valence-corrected chi connectivity index (χ2v) is 7.86. The molecule has 0 aliphatic rings. The van der Waals surface area contributed by atoms with Gasteiger partial charge in [0, 0.05) is 5.56 Å². The van der Waals surface area contributed by atoms with E-state index in [1.54, 1.807) is 12.2 Å². The number of rotatable bonds is 6. The van der Waals surface area contributed by atoms with Gasteiger partial charge in [0.2, 0.25) is 11.7 Å². The van der Waals surface area contributed by atoms with E-state index in [2.05, 4.69) is 10.1 Å². The molecule has 0 aliphatic carbocycles. The van der Waals surface area contributed by atoms with Gasteiger partial charge in [0.1, 0.15) is 5.75 Å². The molecule has 0 fully saturated rings. The topological polar surface area (TPSA) is 73.1 Å². The molecule has 0 amide bonds. The van der Waals surface area contributed by atoms with Crippen LogP contribution in [-0.4, -0.2) is 24.3 Å². The number of hydrogen-bond donors (Lipinski definition) is 0. The fourth-order valence-electron chi connectivity index (χ4n) is 2.36. The predicted octanol–water partition coefficient (Wildman–Crippen LogP) is 3.67. The summed E-state index contributed by atoms with van der Waals surface area (Å²) in [5.41, 5.74) is 2.83. The van der Waals surface area contributed by atoms with Crippen molar-refractivity contribution >= 4 is 15.9 Å². The Bertz CT molecular complexity index is 977. The van der Waals surface area contributed by atoms with Gasteiger partial charge in [0.15, 0.2) is 9.84 Å². The van der Waals surface area contributed by atoms with E-state index < -0.39 is 9.84 Å². The first-order valence-electron chi connectivity index (χ1n) is 7.83. The Morgan fingerprint density at radius 3 is 2.64 bits per heavy atom. The lowest BCUT2D eigenvalue weighted by Crippen LogP contribution is -2.07. The molecule has 0 spiro atoms. The molecule has 6 heteroatoms. The van der Waals surface area contributed by atoms with Gasteiger partial charge in [-0.2, -0.15) is 4.98 Å². The highest BCUT2D eigenvalue weighted by Crippen LogP contribution is 2.18. The van der Waals surface area contributed by atoms with Crippen molar-refractivity contribution in [3.8, 4) is 11.4 Å². The van der Waals surface area contributed by atoms with E-state index in [1.807, 2.05) is 61.5 Å². The number of sulfone groups is 1. The number of aryl methyl sites for hydroxylation is 1. The lowest BCUT2D eigenvalue weighted by Gasteiger charge is -1.97. The van der Waals surface area contributed by atoms with Crippen LogP contribution < -0.4 is 0 Å². The first-order chi connectivity index (χ1) is 12.0. The monoisotopic (exact) mass is 354 g/mol. The van der Waals surface area contributed by atoms with Gasteiger partial charge in [-0.05, 0) is 18.6 Å². The minimum atomic E-state index is -3.36. The highest BCUT2D eigenvalue weighted by molar-refractivity contribution is 7.90. The molecular formula is C19H18N2O3S. The van der Waals surface area contributed by atoms with Crippen molar-refractivity contribution in [2.45, 2.75) is 12.7 Å². The Morgan fingerprint density at radius 2 is 1.88 bits per heavy atom. The molecule has 0 saturated carbocycles. The smallest absolute Gasteiger partial charge is 0.242 e. The van der Waals surface area contributed by atoms with Gasteiger partial charge in [-0.1, -0.05) is 71.4 Å². The summed E-state index contributed by atoms with van der Waals surface area (Å²) in [4.78, 5) is 4.19. The van der Waals surface area contributed by atoms with Gasteiger partial charge in [0.25, 0.3) is 0 Å². The Labute approximate surface area is 146 Å². The molecule has 5 nitrogen and oxygen atoms in total. The van der Waals surface area contributed by atoms with E-state index in [-0.39, 0.29) is 17.4 Å². The van der Waals surface area contributed by atoms with Crippen LogP contribution in [0, 0.1) is 6.92 Å². The summed E-state index contributed by atoms with van der Waals surface area (Å²) in [7, 11) is -3.36. The molecule has 0 saturated heterocycles. The average Bonchev–Trinajstić information content (AvgIpc) is 3.03. The van der Waals surface area contributed by atoms with Crippen LogP contribution >= 0.6 is 0 Å². The summed E-state index contributed by atoms with van der Waals surface area (Å²) < 4.78 is 29.5. The van der Waals surface area contributed by atoms with Crippen molar-refractivity contribution in [3.05, 3.63) is 77.7 Å². The minimum absolute atomic E-state index is 0.0793. The normalized spacial score (nSPS) is 11.9. The zero-order chi connectivity index (χ0) is 17.7. The summed E-state index contributed by atoms with van der Waals surface area (Å²) in [5, 5.41) is 3.87. The average molecular weight is 354 g/mol. The highest BCUT2D eigenvalue weighted by Gasteiger charge is 2.16. The summed E-state index contributed by atoms with van der Waals surface area (Å²) >= 11 is 0. The largest absolute Gasteiger partial charge is 0.338 e. The van der Waals surface area contributed by atoms with Crippen molar-refractivity contribution in [3.63, 3.8) is 0 Å². The summed E-state index contributed by atoms with van der Waals surface area (Å²) in [6, 6.07) is 17.2. The molecule has 1 aromatic heterocycles. The van der Waals surface area contributed by atoms with E-state index >= 15 is 0 Å². The Morgan fingerprint density at radius 1 is 1.08 bits per heavy atom. The SMILES string of the molecule is Cc1cccc(-c2noc(CS(=O)(=O)CC=Cc3ccccc3)n2)c1. The van der Waals surface area contributed by atoms with Crippen molar-refractivity contribution in [2.24, 2.45) is 0 Å². The van der Waals surface area contributed by atoms with Gasteiger partial charge in [0.05, 0.1) is 5.75 Å². The molecule has 0 aliphatic heterocycles. The van der Waals surface area contributed by atoms with Gasteiger partial charge in [-0.15, -0.1) is 0 Å². The zero-order valence-electron chi connectivity index (χ0n) is 13.8. The lowest BCUT2D eigenvalue weighted by atomic mass is 10.1. The van der Waals surface area contributed by atoms with Crippen molar-refractivity contribution in [1.82, 2.24) is 10.1 Å². The van der Waals surface area contributed by atoms with Crippen LogP contribution in [0.1, 0.15) is 17.0 Å². The Balaban J connectivity index is 1.66. The van der Waals surface area contributed by atoms with Crippen molar-refractivity contribution in [2.75, 3.05) is 5.75 Å². The number of benzene rings is 2. The molecule has 128 valence electrons. The highest BCUT2D eigenvalue weighted by atomic mass is 32.2. The molecule has 0 bridgehead atoms. The second-order valence-electron chi connectivity index (χ2n) is 5.75. The third kappa shape index (κ3) is 4.87. The zero-order valence-corrected chi connectivity index (χ0v) is 14.6. The van der Waals surface area contributed by atoms with Crippen LogP contribution in [0.25, 0.3) is 17.5 Å². The molecule has 3 aromatic rings. The van der Waals surface area contributed by atoms with Crippen LogP contribution in [0.2, 0.25) is 0 Å². The standard InChI is InChI=1S/C19H18N2O3S/c1-15-7-5-11-17(13-15)19-20-18(24-21-19)14-25(22,23)12-6-10-16-8-3-2-4-9-16/h2-11,13H,12,14H2,1H3. The van der Waals surface area contributed by atoms with Crippen LogP contribution in [-0.2, 0) is 15.6 Å². The third-order valence-corrected chi connectivity index (χ3v) is 4.93. The molecule has 1 heterocycles. The summed E-state index contributed by atoms with van der Waals surface area (Å²) in [6.07, 6.45) is 3.41. The molecular weight excluding hydrogens is 336 g/mol. The van der Waals surface area contributed by atoms with Crippen molar-refractivity contribution < 1.29 is 12.9 Å². The summed E-state index contributed by atoms with van der Waals surface area (Å²) in [5.74, 6) is 0.146. The van der Waals surface area contributed by atoms with E-state index in [9.17, 15) is 8.42 Å². The maximum atomic E-state index is 12.2. The van der Waals surface area contributed by atoms with E-state index in [4.69, 9.17) is 4.52 Å². The quantitative estimate of drug-likeness (QED) is 0.675. The van der Waals surface area contributed by atoms with Crippen LogP contribution in [0.5, 0.6) is 0 Å².